The molecule has 4 heteroatoms. The second-order valence-electron chi connectivity index (χ2n) is 4.64. The number of rotatable bonds is 5. The summed E-state index contributed by atoms with van der Waals surface area (Å²) in [6.45, 7) is 9.78. The van der Waals surface area contributed by atoms with Gasteiger partial charge in [-0.05, 0) is 45.0 Å². The smallest absolute Gasteiger partial charge is 0.258 e. The summed E-state index contributed by atoms with van der Waals surface area (Å²) in [6.07, 6.45) is 3.88. The van der Waals surface area contributed by atoms with E-state index in [1.807, 2.05) is 57.2 Å². The summed E-state index contributed by atoms with van der Waals surface area (Å²) in [5, 5.41) is 3.91. The fraction of sp³-hybridized carbons (Fsp3) is 0.250. The first-order valence-electron chi connectivity index (χ1n) is 6.53. The van der Waals surface area contributed by atoms with Crippen LogP contribution in [0.2, 0.25) is 0 Å². The average Bonchev–Trinajstić information content (AvgIpc) is 2.89. The second kappa shape index (κ2) is 6.19. The summed E-state index contributed by atoms with van der Waals surface area (Å²) in [4.78, 5) is 4.32. The molecule has 104 valence electrons. The van der Waals surface area contributed by atoms with E-state index in [1.54, 1.807) is 0 Å². The summed E-state index contributed by atoms with van der Waals surface area (Å²) in [6, 6.07) is 7.57. The minimum Gasteiger partial charge on any atom is -0.491 e. The maximum atomic E-state index is 5.59. The number of hydrogen-bond donors (Lipinski definition) is 0. The average molecular weight is 270 g/mol. The van der Waals surface area contributed by atoms with Crippen molar-refractivity contribution in [3.8, 4) is 17.2 Å². The van der Waals surface area contributed by atoms with Crippen LogP contribution >= 0.6 is 0 Å². The van der Waals surface area contributed by atoms with Gasteiger partial charge in [0.25, 0.3) is 5.89 Å². The minimum atomic E-state index is 0.153. The predicted molar refractivity (Wildman–Crippen MR) is 79.3 cm³/mol. The molecule has 0 fully saturated rings. The van der Waals surface area contributed by atoms with Gasteiger partial charge in [-0.2, -0.15) is 4.98 Å². The Morgan fingerprint density at radius 3 is 2.60 bits per heavy atom. The van der Waals surface area contributed by atoms with Gasteiger partial charge in [0, 0.05) is 11.1 Å². The van der Waals surface area contributed by atoms with Crippen LogP contribution in [0.4, 0.5) is 0 Å². The first-order valence-corrected chi connectivity index (χ1v) is 6.53. The monoisotopic (exact) mass is 270 g/mol. The van der Waals surface area contributed by atoms with E-state index in [1.165, 1.54) is 0 Å². The number of nitrogens with zero attached hydrogens (tertiary/aromatic N) is 2. The van der Waals surface area contributed by atoms with Gasteiger partial charge in [-0.25, -0.2) is 0 Å². The third kappa shape index (κ3) is 3.35. The molecule has 0 aliphatic rings. The van der Waals surface area contributed by atoms with Crippen molar-refractivity contribution < 1.29 is 9.26 Å². The Hall–Kier alpha value is -2.36. The lowest BCUT2D eigenvalue weighted by atomic mass is 10.2. The first-order chi connectivity index (χ1) is 9.60. The zero-order valence-electron chi connectivity index (χ0n) is 12.0. The Morgan fingerprint density at radius 1 is 1.30 bits per heavy atom. The number of benzene rings is 1. The fourth-order valence-electron chi connectivity index (χ4n) is 1.70. The topological polar surface area (TPSA) is 48.2 Å². The number of allylic oxidation sites excluding steroid dienone is 3. The van der Waals surface area contributed by atoms with Gasteiger partial charge in [-0.3, -0.25) is 0 Å². The summed E-state index contributed by atoms with van der Waals surface area (Å²) in [5.74, 6) is 1.80. The van der Waals surface area contributed by atoms with Crippen LogP contribution in [0.5, 0.6) is 5.75 Å². The van der Waals surface area contributed by atoms with Gasteiger partial charge in [-0.1, -0.05) is 23.9 Å². The van der Waals surface area contributed by atoms with Gasteiger partial charge in [0.1, 0.15) is 5.75 Å². The first kappa shape index (κ1) is 14.1. The van der Waals surface area contributed by atoms with Crippen LogP contribution in [0.1, 0.15) is 26.6 Å². The number of aromatic nitrogens is 2. The van der Waals surface area contributed by atoms with Crippen LogP contribution in [-0.2, 0) is 0 Å². The molecule has 4 nitrogen and oxygen atoms in total. The molecule has 20 heavy (non-hydrogen) atoms. The summed E-state index contributed by atoms with van der Waals surface area (Å²) in [7, 11) is 0. The second-order valence-corrected chi connectivity index (χ2v) is 4.64. The molecule has 0 radical (unpaired) electrons. The van der Waals surface area contributed by atoms with Crippen molar-refractivity contribution in [2.24, 2.45) is 0 Å². The molecule has 0 spiro atoms. The van der Waals surface area contributed by atoms with E-state index < -0.39 is 0 Å². The van der Waals surface area contributed by atoms with Crippen LogP contribution in [0.3, 0.4) is 0 Å². The Kier molecular flexibility index (Phi) is 4.35. The van der Waals surface area contributed by atoms with E-state index in [0.717, 1.165) is 16.9 Å². The molecule has 0 saturated carbocycles. The molecular weight excluding hydrogens is 252 g/mol. The van der Waals surface area contributed by atoms with Crippen LogP contribution in [-0.4, -0.2) is 16.2 Å². The highest BCUT2D eigenvalue weighted by molar-refractivity contribution is 5.68. The van der Waals surface area contributed by atoms with E-state index >= 15 is 0 Å². The van der Waals surface area contributed by atoms with E-state index in [9.17, 15) is 0 Å². The maximum Gasteiger partial charge on any atom is 0.258 e. The lowest BCUT2D eigenvalue weighted by molar-refractivity contribution is 0.242. The van der Waals surface area contributed by atoms with Crippen molar-refractivity contribution in [1.82, 2.24) is 10.1 Å². The molecule has 0 saturated heterocycles. The Balaban J connectivity index is 2.18. The van der Waals surface area contributed by atoms with Crippen molar-refractivity contribution in [1.29, 1.82) is 0 Å². The number of hydrogen-bond acceptors (Lipinski definition) is 4. The van der Waals surface area contributed by atoms with Crippen LogP contribution < -0.4 is 4.74 Å². The zero-order valence-corrected chi connectivity index (χ0v) is 12.0. The normalized spacial score (nSPS) is 11.2. The highest BCUT2D eigenvalue weighted by atomic mass is 16.5. The molecule has 2 aromatic rings. The summed E-state index contributed by atoms with van der Waals surface area (Å²) in [5.41, 5.74) is 1.58. The SMILES string of the molecule is C=C(C=CC)c1noc(-c2ccc(OC(C)C)cc2)n1. The van der Waals surface area contributed by atoms with E-state index in [2.05, 4.69) is 16.7 Å². The van der Waals surface area contributed by atoms with Crippen LogP contribution in [0, 0.1) is 0 Å². The maximum absolute atomic E-state index is 5.59. The Bertz CT molecular complexity index is 610. The third-order valence-corrected chi connectivity index (χ3v) is 2.55. The van der Waals surface area contributed by atoms with Gasteiger partial charge in [-0.15, -0.1) is 0 Å². The van der Waals surface area contributed by atoms with E-state index in [-0.39, 0.29) is 6.10 Å². The van der Waals surface area contributed by atoms with Gasteiger partial charge in [0.05, 0.1) is 6.10 Å². The molecule has 1 aromatic carbocycles. The Labute approximate surface area is 118 Å². The quantitative estimate of drug-likeness (QED) is 0.767. The molecule has 0 aliphatic carbocycles. The van der Waals surface area contributed by atoms with Crippen molar-refractivity contribution in [3.05, 3.63) is 48.8 Å². The molecule has 1 aromatic heterocycles. The summed E-state index contributed by atoms with van der Waals surface area (Å²) < 4.78 is 10.8. The zero-order chi connectivity index (χ0) is 14.5. The van der Waals surface area contributed by atoms with Gasteiger partial charge >= 0.3 is 0 Å². The van der Waals surface area contributed by atoms with Crippen molar-refractivity contribution in [2.45, 2.75) is 26.9 Å². The van der Waals surface area contributed by atoms with Crippen molar-refractivity contribution in [3.63, 3.8) is 0 Å². The lowest BCUT2D eigenvalue weighted by Crippen LogP contribution is -2.05. The van der Waals surface area contributed by atoms with Gasteiger partial charge in [0.2, 0.25) is 5.82 Å². The standard InChI is InChI=1S/C16H18N2O2/c1-5-6-12(4)15-17-16(20-18-15)13-7-9-14(10-8-13)19-11(2)3/h5-11H,4H2,1-3H3. The fourth-order valence-corrected chi connectivity index (χ4v) is 1.70. The molecule has 0 unspecified atom stereocenters. The highest BCUT2D eigenvalue weighted by Gasteiger charge is 2.10. The van der Waals surface area contributed by atoms with Crippen LogP contribution in [0.25, 0.3) is 17.0 Å². The van der Waals surface area contributed by atoms with Crippen molar-refractivity contribution >= 4 is 5.57 Å². The molecular formula is C16H18N2O2. The molecule has 0 bridgehead atoms. The number of ether oxygens (including phenoxy) is 1. The Morgan fingerprint density at radius 2 is 2.00 bits per heavy atom. The molecule has 0 atom stereocenters. The molecule has 0 aliphatic heterocycles. The molecule has 0 N–H and O–H groups in total. The van der Waals surface area contributed by atoms with Gasteiger partial charge in [0.15, 0.2) is 0 Å². The third-order valence-electron chi connectivity index (χ3n) is 2.55. The minimum absolute atomic E-state index is 0.153. The highest BCUT2D eigenvalue weighted by Crippen LogP contribution is 2.23. The largest absolute Gasteiger partial charge is 0.491 e. The van der Waals surface area contributed by atoms with Gasteiger partial charge < -0.3 is 9.26 Å². The molecule has 0 amide bonds. The predicted octanol–water partition coefficient (Wildman–Crippen LogP) is 4.11. The van der Waals surface area contributed by atoms with E-state index in [0.29, 0.717) is 11.7 Å². The van der Waals surface area contributed by atoms with Crippen molar-refractivity contribution in [2.75, 3.05) is 0 Å². The van der Waals surface area contributed by atoms with E-state index in [4.69, 9.17) is 9.26 Å². The van der Waals surface area contributed by atoms with Crippen LogP contribution in [0.15, 0.2) is 47.5 Å². The molecule has 1 heterocycles. The summed E-state index contributed by atoms with van der Waals surface area (Å²) >= 11 is 0. The molecule has 2 rings (SSSR count). The lowest BCUT2D eigenvalue weighted by Gasteiger charge is -2.09.